The number of amides is 1. The molecule has 0 fully saturated rings. The minimum atomic E-state index is -0.563. The van der Waals surface area contributed by atoms with Crippen molar-refractivity contribution in [3.63, 3.8) is 0 Å². The first-order valence-corrected chi connectivity index (χ1v) is 6.62. The fourth-order valence-electron chi connectivity index (χ4n) is 1.75. The molecule has 0 aliphatic heterocycles. The van der Waals surface area contributed by atoms with E-state index in [0.717, 1.165) is 18.2 Å². The third kappa shape index (κ3) is 3.57. The lowest BCUT2D eigenvalue weighted by Crippen LogP contribution is -2.22. The molecule has 1 N–H and O–H groups in total. The highest BCUT2D eigenvalue weighted by Crippen LogP contribution is 2.22. The number of rotatable bonds is 5. The third-order valence-corrected chi connectivity index (χ3v) is 3.18. The van der Waals surface area contributed by atoms with E-state index in [1.807, 2.05) is 13.1 Å². The lowest BCUT2D eigenvalue weighted by atomic mass is 10.2. The number of nitro benzene ring substituents is 1. The molecule has 1 aromatic heterocycles. The fourth-order valence-corrected chi connectivity index (χ4v) is 2.01. The van der Waals surface area contributed by atoms with E-state index >= 15 is 0 Å². The molecule has 2 aromatic rings. The molecule has 1 heterocycles. The van der Waals surface area contributed by atoms with Gasteiger partial charge in [0.1, 0.15) is 0 Å². The van der Waals surface area contributed by atoms with Crippen molar-refractivity contribution in [1.82, 2.24) is 15.1 Å². The molecular weight excluding hydrogens is 296 g/mol. The van der Waals surface area contributed by atoms with Gasteiger partial charge in [0, 0.05) is 37.0 Å². The smallest absolute Gasteiger partial charge is 0.270 e. The summed E-state index contributed by atoms with van der Waals surface area (Å²) in [5.41, 5.74) is 0.911. The Hall–Kier alpha value is -2.41. The van der Waals surface area contributed by atoms with Crippen molar-refractivity contribution in [1.29, 1.82) is 0 Å². The molecule has 7 nitrogen and oxygen atoms in total. The summed E-state index contributed by atoms with van der Waals surface area (Å²) in [6, 6.07) is 3.74. The summed E-state index contributed by atoms with van der Waals surface area (Å²) in [5.74, 6) is -0.390. The largest absolute Gasteiger partial charge is 0.348 e. The monoisotopic (exact) mass is 308 g/mol. The number of nitrogens with zero attached hydrogens (tertiary/aromatic N) is 3. The van der Waals surface area contributed by atoms with E-state index in [1.165, 1.54) is 12.1 Å². The maximum atomic E-state index is 12.0. The van der Waals surface area contributed by atoms with Crippen LogP contribution in [0.4, 0.5) is 5.69 Å². The van der Waals surface area contributed by atoms with E-state index in [-0.39, 0.29) is 22.2 Å². The van der Waals surface area contributed by atoms with Gasteiger partial charge in [0.2, 0.25) is 0 Å². The average Bonchev–Trinajstić information content (AvgIpc) is 2.92. The Bertz CT molecular complexity index is 684. The number of carbonyl (C=O) groups excluding carboxylic acids is 1. The minimum absolute atomic E-state index is 0.0472. The van der Waals surface area contributed by atoms with Gasteiger partial charge in [-0.3, -0.25) is 19.6 Å². The zero-order valence-corrected chi connectivity index (χ0v) is 12.0. The molecule has 0 saturated carbocycles. The molecule has 0 aliphatic carbocycles. The zero-order valence-electron chi connectivity index (χ0n) is 11.2. The summed E-state index contributed by atoms with van der Waals surface area (Å²) in [5, 5.41) is 17.5. The van der Waals surface area contributed by atoms with Gasteiger partial charge in [0.05, 0.1) is 21.7 Å². The third-order valence-electron chi connectivity index (χ3n) is 2.87. The summed E-state index contributed by atoms with van der Waals surface area (Å²) in [7, 11) is 0. The van der Waals surface area contributed by atoms with E-state index in [9.17, 15) is 14.9 Å². The first-order valence-electron chi connectivity index (χ1n) is 6.24. The molecule has 8 heteroatoms. The van der Waals surface area contributed by atoms with Crippen molar-refractivity contribution in [2.24, 2.45) is 0 Å². The van der Waals surface area contributed by atoms with Gasteiger partial charge in [-0.15, -0.1) is 0 Å². The van der Waals surface area contributed by atoms with Crippen LogP contribution in [0.2, 0.25) is 5.02 Å². The maximum absolute atomic E-state index is 12.0. The van der Waals surface area contributed by atoms with Crippen LogP contribution in [-0.2, 0) is 13.1 Å². The Morgan fingerprint density at radius 3 is 2.86 bits per heavy atom. The normalized spacial score (nSPS) is 10.4. The summed E-state index contributed by atoms with van der Waals surface area (Å²) >= 11 is 5.89. The second-order valence-electron chi connectivity index (χ2n) is 4.31. The lowest BCUT2D eigenvalue weighted by Gasteiger charge is -2.05. The van der Waals surface area contributed by atoms with Crippen LogP contribution < -0.4 is 5.32 Å². The number of carbonyl (C=O) groups is 1. The first-order chi connectivity index (χ1) is 10.0. The van der Waals surface area contributed by atoms with E-state index in [0.29, 0.717) is 6.54 Å². The SMILES string of the molecule is CCn1cc(CNC(=O)c2ccc([N+](=O)[O-])cc2Cl)cn1. The molecule has 1 aromatic carbocycles. The molecule has 0 atom stereocenters. The number of hydrogen-bond acceptors (Lipinski definition) is 4. The fraction of sp³-hybridized carbons (Fsp3) is 0.231. The van der Waals surface area contributed by atoms with Gasteiger partial charge in [0.15, 0.2) is 0 Å². The molecule has 0 saturated heterocycles. The van der Waals surface area contributed by atoms with E-state index in [4.69, 9.17) is 11.6 Å². The highest BCUT2D eigenvalue weighted by molar-refractivity contribution is 6.34. The number of aromatic nitrogens is 2. The van der Waals surface area contributed by atoms with E-state index < -0.39 is 4.92 Å². The number of nitrogens with one attached hydrogen (secondary N) is 1. The maximum Gasteiger partial charge on any atom is 0.270 e. The summed E-state index contributed by atoms with van der Waals surface area (Å²) in [4.78, 5) is 22.1. The van der Waals surface area contributed by atoms with Crippen molar-refractivity contribution in [3.05, 3.63) is 56.9 Å². The number of halogens is 1. The number of non-ortho nitro benzene ring substituents is 1. The van der Waals surface area contributed by atoms with E-state index in [2.05, 4.69) is 10.4 Å². The Balaban J connectivity index is 2.04. The second-order valence-corrected chi connectivity index (χ2v) is 4.72. The van der Waals surface area contributed by atoms with Crippen LogP contribution in [0, 0.1) is 10.1 Å². The van der Waals surface area contributed by atoms with Crippen LogP contribution in [0.5, 0.6) is 0 Å². The van der Waals surface area contributed by atoms with E-state index in [1.54, 1.807) is 10.9 Å². The van der Waals surface area contributed by atoms with Crippen molar-refractivity contribution in [2.45, 2.75) is 20.0 Å². The molecule has 2 rings (SSSR count). The van der Waals surface area contributed by atoms with Crippen molar-refractivity contribution in [3.8, 4) is 0 Å². The van der Waals surface area contributed by atoms with Gasteiger partial charge < -0.3 is 5.32 Å². The van der Waals surface area contributed by atoms with Crippen molar-refractivity contribution >= 4 is 23.2 Å². The van der Waals surface area contributed by atoms with Crippen LogP contribution >= 0.6 is 11.6 Å². The number of benzene rings is 1. The van der Waals surface area contributed by atoms with Gasteiger partial charge in [-0.05, 0) is 13.0 Å². The van der Waals surface area contributed by atoms with Crippen LogP contribution in [0.15, 0.2) is 30.6 Å². The van der Waals surface area contributed by atoms with Gasteiger partial charge in [-0.25, -0.2) is 0 Å². The molecule has 110 valence electrons. The highest BCUT2D eigenvalue weighted by Gasteiger charge is 2.14. The second kappa shape index (κ2) is 6.36. The Morgan fingerprint density at radius 2 is 2.29 bits per heavy atom. The lowest BCUT2D eigenvalue weighted by molar-refractivity contribution is -0.384. The van der Waals surface area contributed by atoms with Crippen LogP contribution in [-0.4, -0.2) is 20.6 Å². The van der Waals surface area contributed by atoms with Crippen LogP contribution in [0.3, 0.4) is 0 Å². The Labute approximate surface area is 125 Å². The first kappa shape index (κ1) is 15.0. The number of aryl methyl sites for hydroxylation is 1. The molecular formula is C13H13ClN4O3. The van der Waals surface area contributed by atoms with Crippen LogP contribution in [0.25, 0.3) is 0 Å². The minimum Gasteiger partial charge on any atom is -0.348 e. The zero-order chi connectivity index (χ0) is 15.4. The predicted octanol–water partition coefficient (Wildman–Crippen LogP) is 2.39. The molecule has 0 radical (unpaired) electrons. The van der Waals surface area contributed by atoms with Gasteiger partial charge in [-0.1, -0.05) is 11.6 Å². The molecule has 0 aliphatic rings. The quantitative estimate of drug-likeness (QED) is 0.678. The highest BCUT2D eigenvalue weighted by atomic mass is 35.5. The molecule has 1 amide bonds. The molecule has 0 bridgehead atoms. The topological polar surface area (TPSA) is 90.1 Å². The van der Waals surface area contributed by atoms with Crippen molar-refractivity contribution < 1.29 is 9.72 Å². The van der Waals surface area contributed by atoms with Crippen LogP contribution in [0.1, 0.15) is 22.8 Å². The standard InChI is InChI=1S/C13H13ClN4O3/c1-2-17-8-9(7-16-17)6-15-13(19)11-4-3-10(18(20)21)5-12(11)14/h3-5,7-8H,2,6H2,1H3,(H,15,19). The molecule has 0 unspecified atom stereocenters. The Kier molecular flexibility index (Phi) is 4.54. The number of hydrogen-bond donors (Lipinski definition) is 1. The number of nitro groups is 1. The molecule has 21 heavy (non-hydrogen) atoms. The van der Waals surface area contributed by atoms with Gasteiger partial charge >= 0.3 is 0 Å². The average molecular weight is 309 g/mol. The summed E-state index contributed by atoms with van der Waals surface area (Å²) in [6.45, 7) is 3.03. The summed E-state index contributed by atoms with van der Waals surface area (Å²) < 4.78 is 1.75. The summed E-state index contributed by atoms with van der Waals surface area (Å²) in [6.07, 6.45) is 3.50. The predicted molar refractivity (Wildman–Crippen MR) is 77.2 cm³/mol. The molecule has 0 spiro atoms. The Morgan fingerprint density at radius 1 is 1.52 bits per heavy atom. The van der Waals surface area contributed by atoms with Gasteiger partial charge in [-0.2, -0.15) is 5.10 Å². The van der Waals surface area contributed by atoms with Gasteiger partial charge in [0.25, 0.3) is 11.6 Å². The van der Waals surface area contributed by atoms with Crippen molar-refractivity contribution in [2.75, 3.05) is 0 Å².